The van der Waals surface area contributed by atoms with Crippen molar-refractivity contribution in [2.45, 2.75) is 18.9 Å². The Morgan fingerprint density at radius 2 is 2.35 bits per heavy atom. The highest BCUT2D eigenvalue weighted by molar-refractivity contribution is 6.00. The van der Waals surface area contributed by atoms with Crippen LogP contribution in [0.15, 0.2) is 28.0 Å². The van der Waals surface area contributed by atoms with Crippen LogP contribution in [-0.4, -0.2) is 21.4 Å². The summed E-state index contributed by atoms with van der Waals surface area (Å²) < 4.78 is 17.8. The molecule has 1 unspecified atom stereocenters. The van der Waals surface area contributed by atoms with E-state index in [2.05, 4.69) is 25.4 Å². The number of halogens is 1. The lowest BCUT2D eigenvalue weighted by Crippen LogP contribution is -2.51. The van der Waals surface area contributed by atoms with Crippen LogP contribution in [0.2, 0.25) is 0 Å². The molecular formula is C12H12FN5O2. The molecule has 0 radical (unpaired) electrons. The molecule has 0 saturated carbocycles. The number of aromatic nitrogens is 2. The van der Waals surface area contributed by atoms with E-state index in [1.54, 1.807) is 6.07 Å². The molecule has 20 heavy (non-hydrogen) atoms. The number of rotatable bonds is 2. The minimum Gasteiger partial charge on any atom is -0.409 e. The van der Waals surface area contributed by atoms with Gasteiger partial charge in [0.05, 0.1) is 5.54 Å². The van der Waals surface area contributed by atoms with Crippen LogP contribution in [0.5, 0.6) is 0 Å². The Balaban J connectivity index is 1.90. The van der Waals surface area contributed by atoms with Crippen molar-refractivity contribution in [3.8, 4) is 0 Å². The van der Waals surface area contributed by atoms with Crippen molar-refractivity contribution in [3.05, 3.63) is 40.8 Å². The van der Waals surface area contributed by atoms with Gasteiger partial charge in [0.2, 0.25) is 0 Å². The molecule has 3 rings (SSSR count). The van der Waals surface area contributed by atoms with E-state index < -0.39 is 5.54 Å². The minimum absolute atomic E-state index is 0.00712. The van der Waals surface area contributed by atoms with Crippen molar-refractivity contribution in [2.75, 3.05) is 5.73 Å². The standard InChI is InChI=1S/C12H12FN5O2/c1-12(5-6-2-3-7(13)4-8(6)12)15-11(16-19)9-10(14)18-20-17-9/h2-4,19H,5H2,1H3,(H2,14,18)(H,15,16). The Morgan fingerprint density at radius 3 is 3.00 bits per heavy atom. The number of nitrogens with zero attached hydrogens (tertiary/aromatic N) is 3. The largest absolute Gasteiger partial charge is 0.409 e. The van der Waals surface area contributed by atoms with Gasteiger partial charge in [-0.2, -0.15) is 0 Å². The maximum atomic E-state index is 13.3. The first-order chi connectivity index (χ1) is 9.53. The van der Waals surface area contributed by atoms with Crippen molar-refractivity contribution in [1.29, 1.82) is 0 Å². The van der Waals surface area contributed by atoms with E-state index in [0.29, 0.717) is 6.42 Å². The number of amidine groups is 1. The third-order valence-electron chi connectivity index (χ3n) is 3.44. The van der Waals surface area contributed by atoms with E-state index in [4.69, 9.17) is 10.9 Å². The van der Waals surface area contributed by atoms with Gasteiger partial charge in [0.25, 0.3) is 0 Å². The molecule has 7 nitrogen and oxygen atoms in total. The minimum atomic E-state index is -0.565. The molecule has 2 aromatic rings. The van der Waals surface area contributed by atoms with Crippen molar-refractivity contribution in [2.24, 2.45) is 5.16 Å². The summed E-state index contributed by atoms with van der Waals surface area (Å²) in [6.45, 7) is 1.86. The van der Waals surface area contributed by atoms with Crippen LogP contribution in [0.4, 0.5) is 10.2 Å². The summed E-state index contributed by atoms with van der Waals surface area (Å²) >= 11 is 0. The lowest BCUT2D eigenvalue weighted by molar-refractivity contribution is 0.298. The highest BCUT2D eigenvalue weighted by Crippen LogP contribution is 2.39. The number of nitrogens with one attached hydrogen (secondary N) is 1. The van der Waals surface area contributed by atoms with Gasteiger partial charge in [-0.15, -0.1) is 0 Å². The van der Waals surface area contributed by atoms with Crippen LogP contribution in [0, 0.1) is 5.82 Å². The van der Waals surface area contributed by atoms with Gasteiger partial charge in [0.1, 0.15) is 5.82 Å². The molecule has 0 aliphatic heterocycles. The van der Waals surface area contributed by atoms with E-state index >= 15 is 0 Å². The zero-order chi connectivity index (χ0) is 14.3. The molecule has 0 spiro atoms. The van der Waals surface area contributed by atoms with Crippen molar-refractivity contribution in [3.63, 3.8) is 0 Å². The summed E-state index contributed by atoms with van der Waals surface area (Å²) in [5.74, 6) is -0.282. The molecule has 8 heteroatoms. The highest BCUT2D eigenvalue weighted by Gasteiger charge is 2.40. The molecule has 0 saturated heterocycles. The summed E-state index contributed by atoms with van der Waals surface area (Å²) in [5, 5.41) is 22.2. The molecule has 1 aliphatic carbocycles. The maximum Gasteiger partial charge on any atom is 0.199 e. The van der Waals surface area contributed by atoms with Gasteiger partial charge < -0.3 is 16.3 Å². The van der Waals surface area contributed by atoms with Crippen LogP contribution in [0.3, 0.4) is 0 Å². The molecule has 1 aliphatic rings. The maximum absolute atomic E-state index is 13.3. The smallest absolute Gasteiger partial charge is 0.199 e. The molecule has 4 N–H and O–H groups in total. The predicted molar refractivity (Wildman–Crippen MR) is 67.6 cm³/mol. The summed E-state index contributed by atoms with van der Waals surface area (Å²) in [6.07, 6.45) is 0.660. The normalized spacial score (nSPS) is 21.2. The first kappa shape index (κ1) is 12.4. The number of hydrogen-bond donors (Lipinski definition) is 3. The van der Waals surface area contributed by atoms with Crippen molar-refractivity contribution in [1.82, 2.24) is 15.6 Å². The monoisotopic (exact) mass is 277 g/mol. The SMILES string of the molecule is CC1(N/C(=N\O)c2nonc2N)Cc2ccc(F)cc21. The number of benzene rings is 1. The second-order valence-electron chi connectivity index (χ2n) is 4.88. The van der Waals surface area contributed by atoms with E-state index in [0.717, 1.165) is 11.1 Å². The fourth-order valence-electron chi connectivity index (χ4n) is 2.45. The van der Waals surface area contributed by atoms with Gasteiger partial charge in [0, 0.05) is 0 Å². The third kappa shape index (κ3) is 1.77. The topological polar surface area (TPSA) is 110 Å². The Hall–Kier alpha value is -2.64. The number of oxime groups is 1. The molecule has 0 fully saturated rings. The lowest BCUT2D eigenvalue weighted by Gasteiger charge is -2.42. The summed E-state index contributed by atoms with van der Waals surface area (Å²) in [6, 6.07) is 4.60. The van der Waals surface area contributed by atoms with Gasteiger partial charge in [0.15, 0.2) is 17.3 Å². The van der Waals surface area contributed by atoms with Gasteiger partial charge >= 0.3 is 0 Å². The molecule has 0 amide bonds. The Labute approximate surface area is 113 Å². The van der Waals surface area contributed by atoms with Crippen LogP contribution in [0.25, 0.3) is 0 Å². The van der Waals surface area contributed by atoms with E-state index in [1.165, 1.54) is 12.1 Å². The van der Waals surface area contributed by atoms with Crippen molar-refractivity contribution >= 4 is 11.7 Å². The number of hydrogen-bond acceptors (Lipinski definition) is 6. The molecule has 1 aromatic carbocycles. The summed E-state index contributed by atoms with van der Waals surface area (Å²) in [5.41, 5.74) is 6.93. The zero-order valence-corrected chi connectivity index (χ0v) is 10.6. The third-order valence-corrected chi connectivity index (χ3v) is 3.44. The molecule has 1 aromatic heterocycles. The quantitative estimate of drug-likeness (QED) is 0.327. The van der Waals surface area contributed by atoms with Gasteiger partial charge in [-0.3, -0.25) is 0 Å². The Kier molecular flexibility index (Phi) is 2.60. The highest BCUT2D eigenvalue weighted by atomic mass is 19.1. The number of fused-ring (bicyclic) bond motifs is 1. The first-order valence-corrected chi connectivity index (χ1v) is 5.91. The number of nitrogen functional groups attached to an aromatic ring is 1. The Morgan fingerprint density at radius 1 is 1.55 bits per heavy atom. The van der Waals surface area contributed by atoms with Crippen LogP contribution in [-0.2, 0) is 12.0 Å². The fraction of sp³-hybridized carbons (Fsp3) is 0.250. The zero-order valence-electron chi connectivity index (χ0n) is 10.6. The van der Waals surface area contributed by atoms with Crippen LogP contribution >= 0.6 is 0 Å². The van der Waals surface area contributed by atoms with E-state index in [1.807, 2.05) is 6.92 Å². The van der Waals surface area contributed by atoms with E-state index in [9.17, 15) is 4.39 Å². The van der Waals surface area contributed by atoms with E-state index in [-0.39, 0.29) is 23.2 Å². The average molecular weight is 277 g/mol. The molecule has 104 valence electrons. The fourth-order valence-corrected chi connectivity index (χ4v) is 2.45. The molecule has 1 heterocycles. The van der Waals surface area contributed by atoms with Crippen molar-refractivity contribution < 1.29 is 14.2 Å². The second-order valence-corrected chi connectivity index (χ2v) is 4.88. The van der Waals surface area contributed by atoms with Crippen LogP contribution in [0.1, 0.15) is 23.7 Å². The number of anilines is 1. The van der Waals surface area contributed by atoms with Gasteiger partial charge in [-0.25, -0.2) is 9.02 Å². The molecule has 1 atom stereocenters. The molecular weight excluding hydrogens is 265 g/mol. The first-order valence-electron chi connectivity index (χ1n) is 5.91. The average Bonchev–Trinajstić information content (AvgIpc) is 2.84. The lowest BCUT2D eigenvalue weighted by atomic mass is 9.71. The predicted octanol–water partition coefficient (Wildman–Crippen LogP) is 0.988. The second kappa shape index (κ2) is 4.19. The molecule has 0 bridgehead atoms. The summed E-state index contributed by atoms with van der Waals surface area (Å²) in [7, 11) is 0. The number of nitrogens with two attached hydrogens (primary N) is 1. The van der Waals surface area contributed by atoms with Crippen LogP contribution < -0.4 is 11.1 Å². The van der Waals surface area contributed by atoms with Gasteiger partial charge in [-0.1, -0.05) is 11.2 Å². The Bertz CT molecular complexity index is 699. The van der Waals surface area contributed by atoms with Gasteiger partial charge in [-0.05, 0) is 46.9 Å². The summed E-state index contributed by atoms with van der Waals surface area (Å²) in [4.78, 5) is 0.